The fraction of sp³-hybridized carbons (Fsp3) is 1.00. The summed E-state index contributed by atoms with van der Waals surface area (Å²) in [7, 11) is 1.64. The first-order valence-corrected chi connectivity index (χ1v) is 7.77. The van der Waals surface area contributed by atoms with Crippen LogP contribution in [-0.2, 0) is 9.47 Å². The Labute approximate surface area is 120 Å². The van der Waals surface area contributed by atoms with Crippen molar-refractivity contribution in [2.24, 2.45) is 28.1 Å². The number of hydrogen-bond donors (Lipinski definition) is 2. The molecule has 4 rings (SSSR count). The van der Waals surface area contributed by atoms with E-state index in [1.54, 1.807) is 7.11 Å². The average molecular weight is 282 g/mol. The molecule has 3 aliphatic carbocycles. The summed E-state index contributed by atoms with van der Waals surface area (Å²) in [6.07, 6.45) is 1.95. The monoisotopic (exact) mass is 282 g/mol. The van der Waals surface area contributed by atoms with Crippen LogP contribution in [0.5, 0.6) is 0 Å². The van der Waals surface area contributed by atoms with Gasteiger partial charge < -0.3 is 19.7 Å². The zero-order valence-corrected chi connectivity index (χ0v) is 12.8. The molecule has 20 heavy (non-hydrogen) atoms. The lowest BCUT2D eigenvalue weighted by molar-refractivity contribution is -0.193. The molecule has 0 bridgehead atoms. The van der Waals surface area contributed by atoms with Crippen LogP contribution in [0, 0.1) is 28.1 Å². The number of aliphatic hydroxyl groups excluding tert-OH is 1. The highest BCUT2D eigenvalue weighted by molar-refractivity contribution is 5.33. The molecule has 0 radical (unpaired) electrons. The van der Waals surface area contributed by atoms with Crippen molar-refractivity contribution in [1.82, 2.24) is 0 Å². The molecule has 1 spiro atoms. The number of ether oxygens (including phenoxy) is 2. The lowest BCUT2D eigenvalue weighted by Crippen LogP contribution is -2.61. The van der Waals surface area contributed by atoms with Crippen LogP contribution >= 0.6 is 0 Å². The van der Waals surface area contributed by atoms with Crippen LogP contribution < -0.4 is 0 Å². The maximum absolute atomic E-state index is 11.2. The van der Waals surface area contributed by atoms with Crippen LogP contribution in [0.15, 0.2) is 0 Å². The summed E-state index contributed by atoms with van der Waals surface area (Å²) in [6, 6.07) is 0. The van der Waals surface area contributed by atoms with Crippen LogP contribution in [0.3, 0.4) is 0 Å². The van der Waals surface area contributed by atoms with Gasteiger partial charge in [0.25, 0.3) is 0 Å². The van der Waals surface area contributed by atoms with Gasteiger partial charge in [-0.15, -0.1) is 0 Å². The molecular weight excluding hydrogens is 256 g/mol. The van der Waals surface area contributed by atoms with Gasteiger partial charge >= 0.3 is 0 Å². The smallest absolute Gasteiger partial charge is 0.166 e. The average Bonchev–Trinajstić information content (AvgIpc) is 2.72. The number of fused-ring (bicyclic) bond motifs is 2. The van der Waals surface area contributed by atoms with E-state index in [1.807, 2.05) is 0 Å². The van der Waals surface area contributed by atoms with Crippen molar-refractivity contribution in [3.63, 3.8) is 0 Å². The van der Waals surface area contributed by atoms with Gasteiger partial charge in [-0.2, -0.15) is 0 Å². The van der Waals surface area contributed by atoms with Gasteiger partial charge in [0.05, 0.1) is 18.1 Å². The predicted octanol–water partition coefficient (Wildman–Crippen LogP) is 1.54. The van der Waals surface area contributed by atoms with E-state index < -0.39 is 17.1 Å². The van der Waals surface area contributed by atoms with Gasteiger partial charge in [0, 0.05) is 7.11 Å². The minimum absolute atomic E-state index is 0.0383. The number of methoxy groups -OCH3 is 1. The van der Waals surface area contributed by atoms with Crippen LogP contribution in [0.4, 0.5) is 0 Å². The van der Waals surface area contributed by atoms with Gasteiger partial charge in [-0.25, -0.2) is 0 Å². The predicted molar refractivity (Wildman–Crippen MR) is 72.9 cm³/mol. The molecule has 0 aromatic rings. The number of aliphatic hydroxyl groups is 2. The maximum atomic E-state index is 11.2. The van der Waals surface area contributed by atoms with Crippen LogP contribution in [0.25, 0.3) is 0 Å². The molecule has 7 atom stereocenters. The Morgan fingerprint density at radius 1 is 1.20 bits per heavy atom. The Balaban J connectivity index is 1.81. The summed E-state index contributed by atoms with van der Waals surface area (Å²) < 4.78 is 11.2. The summed E-state index contributed by atoms with van der Waals surface area (Å²) in [5.74, 6) is 0.655. The Kier molecular flexibility index (Phi) is 2.31. The SMILES string of the molecule is CO[C@H]1OC[C@]2(O)[C@@H](O)[C@@H]3CC(C)(C)C[C@@H]3[C@@]3(C)C[C@]132. The first-order chi connectivity index (χ1) is 9.22. The van der Waals surface area contributed by atoms with E-state index in [4.69, 9.17) is 9.47 Å². The minimum Gasteiger partial charge on any atom is -0.390 e. The highest BCUT2D eigenvalue weighted by atomic mass is 16.7. The normalized spacial score (nSPS) is 62.7. The molecule has 4 fully saturated rings. The lowest BCUT2D eigenvalue weighted by atomic mass is 9.60. The van der Waals surface area contributed by atoms with Crippen molar-refractivity contribution in [1.29, 1.82) is 0 Å². The van der Waals surface area contributed by atoms with E-state index in [1.165, 1.54) is 0 Å². The molecule has 0 amide bonds. The highest BCUT2D eigenvalue weighted by Crippen LogP contribution is 2.83. The molecule has 3 saturated carbocycles. The van der Waals surface area contributed by atoms with E-state index in [9.17, 15) is 10.2 Å². The summed E-state index contributed by atoms with van der Waals surface area (Å²) in [6.45, 7) is 7.02. The third-order valence-corrected chi connectivity index (χ3v) is 7.17. The second kappa shape index (κ2) is 3.43. The van der Waals surface area contributed by atoms with Gasteiger partial charge in [-0.1, -0.05) is 20.8 Å². The molecule has 1 aliphatic heterocycles. The van der Waals surface area contributed by atoms with Gasteiger partial charge in [-0.3, -0.25) is 0 Å². The Morgan fingerprint density at radius 3 is 2.55 bits per heavy atom. The highest BCUT2D eigenvalue weighted by Gasteiger charge is 2.88. The molecule has 4 nitrogen and oxygen atoms in total. The standard InChI is InChI=1S/C16H26O4/c1-13(2)5-9-10(6-13)14(3)7-15(14)12(19-4)20-8-16(15,18)11(9)17/h9-12,17-18H,5-8H2,1-4H3/t9-,10+,11+,12+,14-,15+,16+/m1/s1. The zero-order chi connectivity index (χ0) is 14.6. The topological polar surface area (TPSA) is 58.9 Å². The van der Waals surface area contributed by atoms with E-state index in [0.29, 0.717) is 5.92 Å². The Hall–Kier alpha value is -0.160. The molecule has 1 heterocycles. The molecule has 4 aliphatic rings. The van der Waals surface area contributed by atoms with E-state index in [2.05, 4.69) is 20.8 Å². The fourth-order valence-electron chi connectivity index (χ4n) is 6.29. The van der Waals surface area contributed by atoms with Crippen molar-refractivity contribution in [3.05, 3.63) is 0 Å². The molecule has 4 heteroatoms. The Bertz CT molecular complexity index is 463. The van der Waals surface area contributed by atoms with Crippen molar-refractivity contribution >= 4 is 0 Å². The van der Waals surface area contributed by atoms with Crippen LogP contribution in [0.2, 0.25) is 0 Å². The van der Waals surface area contributed by atoms with Crippen LogP contribution in [0.1, 0.15) is 40.0 Å². The molecule has 114 valence electrons. The maximum Gasteiger partial charge on any atom is 0.166 e. The third kappa shape index (κ3) is 1.17. The largest absolute Gasteiger partial charge is 0.390 e. The Morgan fingerprint density at radius 2 is 1.90 bits per heavy atom. The van der Waals surface area contributed by atoms with Crippen molar-refractivity contribution in [2.45, 2.75) is 58.0 Å². The number of hydrogen-bond acceptors (Lipinski definition) is 4. The molecule has 2 N–H and O–H groups in total. The van der Waals surface area contributed by atoms with Crippen LogP contribution in [-0.4, -0.2) is 41.9 Å². The minimum atomic E-state index is -1.13. The quantitative estimate of drug-likeness (QED) is 0.766. The van der Waals surface area contributed by atoms with Gasteiger partial charge in [-0.05, 0) is 41.9 Å². The van der Waals surface area contributed by atoms with Gasteiger partial charge in [0.15, 0.2) is 6.29 Å². The van der Waals surface area contributed by atoms with Crippen molar-refractivity contribution in [2.75, 3.05) is 13.7 Å². The fourth-order valence-corrected chi connectivity index (χ4v) is 6.29. The van der Waals surface area contributed by atoms with E-state index in [0.717, 1.165) is 19.3 Å². The van der Waals surface area contributed by atoms with Crippen molar-refractivity contribution < 1.29 is 19.7 Å². The van der Waals surface area contributed by atoms with E-state index >= 15 is 0 Å². The second-order valence-electron chi connectivity index (χ2n) is 8.66. The van der Waals surface area contributed by atoms with Gasteiger partial charge in [0.1, 0.15) is 5.60 Å². The molecule has 0 aromatic heterocycles. The first-order valence-electron chi connectivity index (χ1n) is 7.77. The summed E-state index contributed by atoms with van der Waals surface area (Å²) >= 11 is 0. The molecule has 1 saturated heterocycles. The summed E-state index contributed by atoms with van der Waals surface area (Å²) in [5.41, 5.74) is -1.25. The first kappa shape index (κ1) is 13.5. The molecule has 0 aromatic carbocycles. The second-order valence-corrected chi connectivity index (χ2v) is 8.66. The van der Waals surface area contributed by atoms with Crippen molar-refractivity contribution in [3.8, 4) is 0 Å². The van der Waals surface area contributed by atoms with E-state index in [-0.39, 0.29) is 29.6 Å². The number of rotatable bonds is 1. The molecular formula is C16H26O4. The summed E-state index contributed by atoms with van der Waals surface area (Å²) in [5, 5.41) is 22.1. The third-order valence-electron chi connectivity index (χ3n) is 7.17. The summed E-state index contributed by atoms with van der Waals surface area (Å²) in [4.78, 5) is 0. The lowest BCUT2D eigenvalue weighted by Gasteiger charge is -2.48. The zero-order valence-electron chi connectivity index (χ0n) is 12.8. The molecule has 0 unspecified atom stereocenters. The van der Waals surface area contributed by atoms with Gasteiger partial charge in [0.2, 0.25) is 0 Å².